The molecule has 0 unspecified atom stereocenters. The SMILES string of the molecule is CCN(C)Cc1cnc(NN)s1. The van der Waals surface area contributed by atoms with E-state index < -0.39 is 0 Å². The summed E-state index contributed by atoms with van der Waals surface area (Å²) in [5.41, 5.74) is 2.53. The summed E-state index contributed by atoms with van der Waals surface area (Å²) < 4.78 is 0. The summed E-state index contributed by atoms with van der Waals surface area (Å²) >= 11 is 1.59. The van der Waals surface area contributed by atoms with E-state index >= 15 is 0 Å². The third-order valence-corrected chi connectivity index (χ3v) is 2.56. The van der Waals surface area contributed by atoms with E-state index in [1.54, 1.807) is 11.3 Å². The van der Waals surface area contributed by atoms with Gasteiger partial charge >= 0.3 is 0 Å². The Hall–Kier alpha value is -0.650. The Morgan fingerprint density at radius 1 is 1.75 bits per heavy atom. The van der Waals surface area contributed by atoms with Gasteiger partial charge in [0, 0.05) is 17.6 Å². The molecule has 0 aromatic carbocycles. The van der Waals surface area contributed by atoms with E-state index in [9.17, 15) is 0 Å². The number of hydrazine groups is 1. The fourth-order valence-electron chi connectivity index (χ4n) is 0.825. The molecule has 0 saturated carbocycles. The van der Waals surface area contributed by atoms with Crippen LogP contribution in [-0.2, 0) is 6.54 Å². The summed E-state index contributed by atoms with van der Waals surface area (Å²) in [6, 6.07) is 0. The van der Waals surface area contributed by atoms with Crippen LogP contribution in [0.2, 0.25) is 0 Å². The van der Waals surface area contributed by atoms with Crippen LogP contribution in [0.25, 0.3) is 0 Å². The van der Waals surface area contributed by atoms with E-state index in [-0.39, 0.29) is 0 Å². The Morgan fingerprint density at radius 2 is 2.50 bits per heavy atom. The van der Waals surface area contributed by atoms with E-state index in [4.69, 9.17) is 5.84 Å². The van der Waals surface area contributed by atoms with Gasteiger partial charge in [0.1, 0.15) is 0 Å². The first-order valence-electron chi connectivity index (χ1n) is 3.86. The van der Waals surface area contributed by atoms with Gasteiger partial charge in [0.2, 0.25) is 0 Å². The highest BCUT2D eigenvalue weighted by atomic mass is 32.1. The average molecular weight is 186 g/mol. The van der Waals surface area contributed by atoms with Gasteiger partial charge in [-0.05, 0) is 13.6 Å². The van der Waals surface area contributed by atoms with Crippen LogP contribution in [0.1, 0.15) is 11.8 Å². The van der Waals surface area contributed by atoms with Crippen LogP contribution in [0, 0.1) is 0 Å². The van der Waals surface area contributed by atoms with Gasteiger partial charge in [-0.1, -0.05) is 18.3 Å². The molecule has 1 rings (SSSR count). The number of hydrogen-bond acceptors (Lipinski definition) is 5. The van der Waals surface area contributed by atoms with Crippen molar-refractivity contribution in [3.05, 3.63) is 11.1 Å². The lowest BCUT2D eigenvalue weighted by Gasteiger charge is -2.10. The third-order valence-electron chi connectivity index (χ3n) is 1.64. The summed E-state index contributed by atoms with van der Waals surface area (Å²) in [4.78, 5) is 7.52. The van der Waals surface area contributed by atoms with E-state index in [1.165, 1.54) is 4.88 Å². The van der Waals surface area contributed by atoms with Gasteiger partial charge in [0.05, 0.1) is 0 Å². The summed E-state index contributed by atoms with van der Waals surface area (Å²) in [7, 11) is 2.08. The molecule has 4 nitrogen and oxygen atoms in total. The molecule has 0 bridgehead atoms. The zero-order chi connectivity index (χ0) is 8.97. The summed E-state index contributed by atoms with van der Waals surface area (Å²) in [6.07, 6.45) is 1.85. The molecule has 0 aliphatic carbocycles. The standard InChI is InChI=1S/C7H14N4S/c1-3-11(2)5-6-4-9-7(10-8)12-6/h4H,3,5,8H2,1-2H3,(H,9,10). The predicted octanol–water partition coefficient (Wildman–Crippen LogP) is 0.880. The molecule has 0 atom stereocenters. The molecule has 68 valence electrons. The minimum atomic E-state index is 0.773. The average Bonchev–Trinajstić information content (AvgIpc) is 2.52. The second-order valence-corrected chi connectivity index (χ2v) is 3.72. The number of nitrogens with one attached hydrogen (secondary N) is 1. The largest absolute Gasteiger partial charge is 0.302 e. The van der Waals surface area contributed by atoms with Crippen LogP contribution in [-0.4, -0.2) is 23.5 Å². The van der Waals surface area contributed by atoms with Crippen molar-refractivity contribution < 1.29 is 0 Å². The Bertz CT molecular complexity index is 235. The molecule has 3 N–H and O–H groups in total. The summed E-state index contributed by atoms with van der Waals surface area (Å²) in [6.45, 7) is 4.11. The number of anilines is 1. The van der Waals surface area contributed by atoms with Crippen molar-refractivity contribution in [2.75, 3.05) is 19.0 Å². The number of nitrogens with two attached hydrogens (primary N) is 1. The van der Waals surface area contributed by atoms with Gasteiger partial charge in [0.15, 0.2) is 5.13 Å². The van der Waals surface area contributed by atoms with Crippen LogP contribution in [0.15, 0.2) is 6.20 Å². The number of nitrogen functional groups attached to an aromatic ring is 1. The molecule has 0 radical (unpaired) electrons. The minimum Gasteiger partial charge on any atom is -0.302 e. The van der Waals surface area contributed by atoms with Crippen molar-refractivity contribution in [3.63, 3.8) is 0 Å². The quantitative estimate of drug-likeness (QED) is 0.541. The monoisotopic (exact) mass is 186 g/mol. The molecule has 1 aromatic heterocycles. The van der Waals surface area contributed by atoms with Gasteiger partial charge in [-0.15, -0.1) is 0 Å². The number of hydrogen-bond donors (Lipinski definition) is 2. The lowest BCUT2D eigenvalue weighted by molar-refractivity contribution is 0.348. The highest BCUT2D eigenvalue weighted by molar-refractivity contribution is 7.15. The predicted molar refractivity (Wildman–Crippen MR) is 51.9 cm³/mol. The van der Waals surface area contributed by atoms with Gasteiger partial charge in [-0.3, -0.25) is 5.43 Å². The molecule has 12 heavy (non-hydrogen) atoms. The van der Waals surface area contributed by atoms with Crippen molar-refractivity contribution >= 4 is 16.5 Å². The maximum Gasteiger partial charge on any atom is 0.197 e. The molecule has 0 aliphatic rings. The molecule has 1 heterocycles. The van der Waals surface area contributed by atoms with Gasteiger partial charge < -0.3 is 4.90 Å². The van der Waals surface area contributed by atoms with E-state index in [2.05, 4.69) is 29.3 Å². The van der Waals surface area contributed by atoms with Crippen LogP contribution in [0.3, 0.4) is 0 Å². The molecule has 0 saturated heterocycles. The van der Waals surface area contributed by atoms with Crippen LogP contribution < -0.4 is 11.3 Å². The maximum absolute atomic E-state index is 5.21. The molecule has 0 spiro atoms. The second-order valence-electron chi connectivity index (χ2n) is 2.61. The van der Waals surface area contributed by atoms with Gasteiger partial charge in [-0.25, -0.2) is 10.8 Å². The minimum absolute atomic E-state index is 0.773. The zero-order valence-electron chi connectivity index (χ0n) is 7.37. The molecular weight excluding hydrogens is 172 g/mol. The van der Waals surface area contributed by atoms with Crippen molar-refractivity contribution in [2.45, 2.75) is 13.5 Å². The highest BCUT2D eigenvalue weighted by Crippen LogP contribution is 2.17. The van der Waals surface area contributed by atoms with E-state index in [1.807, 2.05) is 6.20 Å². The molecule has 0 amide bonds. The zero-order valence-corrected chi connectivity index (χ0v) is 8.19. The first kappa shape index (κ1) is 9.44. The van der Waals surface area contributed by atoms with Crippen LogP contribution >= 0.6 is 11.3 Å². The Labute approximate surface area is 76.4 Å². The number of nitrogens with zero attached hydrogens (tertiary/aromatic N) is 2. The topological polar surface area (TPSA) is 54.2 Å². The lowest BCUT2D eigenvalue weighted by atomic mass is 10.5. The maximum atomic E-state index is 5.21. The summed E-state index contributed by atoms with van der Waals surface area (Å²) in [5.74, 6) is 5.21. The fourth-order valence-corrected chi connectivity index (χ4v) is 1.63. The van der Waals surface area contributed by atoms with Crippen LogP contribution in [0.5, 0.6) is 0 Å². The Balaban J connectivity index is 2.52. The highest BCUT2D eigenvalue weighted by Gasteiger charge is 2.02. The molecular formula is C7H14N4S. The van der Waals surface area contributed by atoms with Crippen molar-refractivity contribution in [2.24, 2.45) is 5.84 Å². The second kappa shape index (κ2) is 4.39. The molecule has 0 aliphatic heterocycles. The smallest absolute Gasteiger partial charge is 0.197 e. The van der Waals surface area contributed by atoms with Crippen LogP contribution in [0.4, 0.5) is 5.13 Å². The third kappa shape index (κ3) is 2.44. The molecule has 0 fully saturated rings. The van der Waals surface area contributed by atoms with Crippen molar-refractivity contribution in [1.29, 1.82) is 0 Å². The van der Waals surface area contributed by atoms with E-state index in [0.717, 1.165) is 18.2 Å². The number of aromatic nitrogens is 1. The molecule has 1 aromatic rings. The summed E-state index contributed by atoms with van der Waals surface area (Å²) in [5, 5.41) is 0.773. The lowest BCUT2D eigenvalue weighted by Crippen LogP contribution is -2.15. The first-order valence-corrected chi connectivity index (χ1v) is 4.67. The van der Waals surface area contributed by atoms with Crippen molar-refractivity contribution in [1.82, 2.24) is 9.88 Å². The Morgan fingerprint density at radius 3 is 3.00 bits per heavy atom. The van der Waals surface area contributed by atoms with Gasteiger partial charge in [-0.2, -0.15) is 0 Å². The number of rotatable bonds is 4. The van der Waals surface area contributed by atoms with E-state index in [0.29, 0.717) is 0 Å². The van der Waals surface area contributed by atoms with Gasteiger partial charge in [0.25, 0.3) is 0 Å². The molecule has 5 heteroatoms. The fraction of sp³-hybridized carbons (Fsp3) is 0.571. The first-order chi connectivity index (χ1) is 5.76. The number of thiazole rings is 1. The normalized spacial score (nSPS) is 10.7. The van der Waals surface area contributed by atoms with Crippen molar-refractivity contribution in [3.8, 4) is 0 Å². The Kier molecular flexibility index (Phi) is 3.46.